The van der Waals surface area contributed by atoms with Crippen molar-refractivity contribution in [3.8, 4) is 0 Å². The van der Waals surface area contributed by atoms with Gasteiger partial charge in [-0.25, -0.2) is 4.79 Å². The Morgan fingerprint density at radius 2 is 1.35 bits per heavy atom. The van der Waals surface area contributed by atoms with Gasteiger partial charge in [0, 0.05) is 29.9 Å². The van der Waals surface area contributed by atoms with Crippen LogP contribution >= 0.6 is 11.6 Å². The summed E-state index contributed by atoms with van der Waals surface area (Å²) in [5.41, 5.74) is -0.197. The number of nitrogens with one attached hydrogen (secondary N) is 3. The predicted molar refractivity (Wildman–Crippen MR) is 124 cm³/mol. The van der Waals surface area contributed by atoms with Crippen LogP contribution < -0.4 is 16.0 Å². The number of hydrogen-bond acceptors (Lipinski definition) is 4. The lowest BCUT2D eigenvalue weighted by Gasteiger charge is -2.12. The van der Waals surface area contributed by atoms with Gasteiger partial charge < -0.3 is 20.7 Å². The highest BCUT2D eigenvalue weighted by Gasteiger charge is 2.33. The number of rotatable bonds is 10. The minimum Gasteiger partial charge on any atom is -0.469 e. The summed E-state index contributed by atoms with van der Waals surface area (Å²) in [5, 5.41) is 7.10. The molecule has 34 heavy (non-hydrogen) atoms. The molecule has 11 heteroatoms. The topological polar surface area (TPSA) is 96.5 Å². The maximum atomic E-state index is 12.9. The molecule has 0 radical (unpaired) electrons. The number of carbonyl (C=O) groups is 3. The zero-order valence-electron chi connectivity index (χ0n) is 18.4. The molecule has 0 aliphatic carbocycles. The number of alkyl halides is 3. The fourth-order valence-corrected chi connectivity index (χ4v) is 3.21. The van der Waals surface area contributed by atoms with Crippen molar-refractivity contribution in [1.82, 2.24) is 0 Å². The van der Waals surface area contributed by atoms with Crippen molar-refractivity contribution in [3.05, 3.63) is 53.1 Å². The van der Waals surface area contributed by atoms with Crippen molar-refractivity contribution >= 4 is 46.6 Å². The van der Waals surface area contributed by atoms with E-state index in [9.17, 15) is 27.6 Å². The second kappa shape index (κ2) is 12.8. The highest BCUT2D eigenvalue weighted by Crippen LogP contribution is 2.36. The summed E-state index contributed by atoms with van der Waals surface area (Å²) >= 11 is 5.57. The summed E-state index contributed by atoms with van der Waals surface area (Å²) in [6.07, 6.45) is -0.878. The largest absolute Gasteiger partial charge is 0.469 e. The molecule has 3 N–H and O–H groups in total. The first kappa shape index (κ1) is 27.0. The summed E-state index contributed by atoms with van der Waals surface area (Å²) in [6.45, 7) is 0. The zero-order chi connectivity index (χ0) is 25.1. The van der Waals surface area contributed by atoms with Gasteiger partial charge in [0.25, 0.3) is 0 Å². The molecule has 0 atom stereocenters. The second-order valence-corrected chi connectivity index (χ2v) is 7.79. The van der Waals surface area contributed by atoms with Crippen molar-refractivity contribution in [2.75, 3.05) is 23.1 Å². The molecule has 0 bridgehead atoms. The first-order chi connectivity index (χ1) is 16.1. The van der Waals surface area contributed by atoms with E-state index >= 15 is 0 Å². The number of unbranched alkanes of at least 4 members (excludes halogenated alkanes) is 3. The fourth-order valence-electron chi connectivity index (χ4n) is 2.98. The molecular formula is C23H25ClF3N3O4. The number of carbonyl (C=O) groups excluding carboxylic acids is 3. The lowest BCUT2D eigenvalue weighted by molar-refractivity contribution is -0.141. The minimum absolute atomic E-state index is 0.0663. The van der Waals surface area contributed by atoms with Gasteiger partial charge in [0.2, 0.25) is 5.91 Å². The minimum atomic E-state index is -4.64. The average Bonchev–Trinajstić information content (AvgIpc) is 2.77. The van der Waals surface area contributed by atoms with Crippen LogP contribution in [-0.2, 0) is 20.5 Å². The van der Waals surface area contributed by atoms with Crippen molar-refractivity contribution in [2.45, 2.75) is 44.7 Å². The molecule has 0 saturated carbocycles. The van der Waals surface area contributed by atoms with E-state index in [1.807, 2.05) is 0 Å². The Hall–Kier alpha value is -3.27. The van der Waals surface area contributed by atoms with Gasteiger partial charge >= 0.3 is 18.2 Å². The molecule has 0 aliphatic rings. The molecular weight excluding hydrogens is 475 g/mol. The van der Waals surface area contributed by atoms with E-state index in [1.165, 1.54) is 13.2 Å². The smallest absolute Gasteiger partial charge is 0.417 e. The van der Waals surface area contributed by atoms with Crippen LogP contribution in [0.25, 0.3) is 0 Å². The van der Waals surface area contributed by atoms with Crippen LogP contribution in [0.2, 0.25) is 5.02 Å². The Bertz CT molecular complexity index is 998. The molecule has 3 amide bonds. The lowest BCUT2D eigenvalue weighted by atomic mass is 10.1. The first-order valence-electron chi connectivity index (χ1n) is 10.5. The van der Waals surface area contributed by atoms with Crippen molar-refractivity contribution in [2.24, 2.45) is 0 Å². The lowest BCUT2D eigenvalue weighted by Crippen LogP contribution is -2.20. The van der Waals surface area contributed by atoms with Gasteiger partial charge in [-0.3, -0.25) is 9.59 Å². The molecule has 7 nitrogen and oxygen atoms in total. The molecule has 0 aliphatic heterocycles. The average molecular weight is 500 g/mol. The second-order valence-electron chi connectivity index (χ2n) is 7.39. The number of urea groups is 1. The Morgan fingerprint density at radius 3 is 1.94 bits per heavy atom. The maximum absolute atomic E-state index is 12.9. The third kappa shape index (κ3) is 9.30. The molecule has 2 aromatic rings. The van der Waals surface area contributed by atoms with Gasteiger partial charge in [-0.1, -0.05) is 24.4 Å². The van der Waals surface area contributed by atoms with E-state index in [0.717, 1.165) is 31.4 Å². The van der Waals surface area contributed by atoms with Crippen LogP contribution in [0.1, 0.15) is 44.1 Å². The van der Waals surface area contributed by atoms with Gasteiger partial charge in [0.1, 0.15) is 0 Å². The van der Waals surface area contributed by atoms with Crippen LogP contribution in [-0.4, -0.2) is 25.0 Å². The third-order valence-electron chi connectivity index (χ3n) is 4.72. The van der Waals surface area contributed by atoms with E-state index in [0.29, 0.717) is 30.6 Å². The number of ether oxygens (including phenoxy) is 1. The van der Waals surface area contributed by atoms with E-state index in [-0.39, 0.29) is 17.6 Å². The molecule has 0 spiro atoms. The number of benzene rings is 2. The standard InChI is InChI=1S/C23H25ClF3N3O4/c1-34-21(32)7-5-3-2-4-6-20(31)28-15-8-10-16(11-9-15)29-22(33)30-17-12-13-19(24)18(14-17)23(25,26)27/h8-14H,2-7H2,1H3,(H,28,31)(H2,29,30,33). The van der Waals surface area contributed by atoms with E-state index in [4.69, 9.17) is 11.6 Å². The van der Waals surface area contributed by atoms with Crippen LogP contribution in [0.15, 0.2) is 42.5 Å². The van der Waals surface area contributed by atoms with Gasteiger partial charge in [0.05, 0.1) is 17.7 Å². The highest BCUT2D eigenvalue weighted by molar-refractivity contribution is 6.31. The summed E-state index contributed by atoms with van der Waals surface area (Å²) < 4.78 is 43.4. The Labute approximate surface area is 200 Å². The number of anilines is 3. The van der Waals surface area contributed by atoms with Gasteiger partial charge in [-0.15, -0.1) is 0 Å². The quantitative estimate of drug-likeness (QED) is 0.258. The molecule has 0 saturated heterocycles. The van der Waals surface area contributed by atoms with Crippen LogP contribution in [0.3, 0.4) is 0 Å². The zero-order valence-corrected chi connectivity index (χ0v) is 19.2. The first-order valence-corrected chi connectivity index (χ1v) is 10.9. The number of halogens is 4. The van der Waals surface area contributed by atoms with Crippen LogP contribution in [0, 0.1) is 0 Å². The van der Waals surface area contributed by atoms with Crippen LogP contribution in [0.4, 0.5) is 35.0 Å². The molecule has 0 unspecified atom stereocenters. The van der Waals surface area contributed by atoms with Gasteiger partial charge in [-0.2, -0.15) is 13.2 Å². The molecule has 0 heterocycles. The van der Waals surface area contributed by atoms with E-state index in [1.54, 1.807) is 24.3 Å². The summed E-state index contributed by atoms with van der Waals surface area (Å²) in [5.74, 6) is -0.400. The monoisotopic (exact) mass is 499 g/mol. The van der Waals surface area contributed by atoms with E-state index in [2.05, 4.69) is 20.7 Å². The maximum Gasteiger partial charge on any atom is 0.417 e. The highest BCUT2D eigenvalue weighted by atomic mass is 35.5. The molecule has 2 rings (SSSR count). The number of amides is 3. The van der Waals surface area contributed by atoms with Crippen molar-refractivity contribution < 1.29 is 32.3 Å². The number of esters is 1. The van der Waals surface area contributed by atoms with Gasteiger partial charge in [-0.05, 0) is 55.3 Å². The van der Waals surface area contributed by atoms with Crippen molar-refractivity contribution in [3.63, 3.8) is 0 Å². The molecule has 184 valence electrons. The van der Waals surface area contributed by atoms with Gasteiger partial charge in [0.15, 0.2) is 0 Å². The number of methoxy groups -OCH3 is 1. The Balaban J connectivity index is 1.76. The Kier molecular flexibility index (Phi) is 10.2. The number of hydrogen-bond donors (Lipinski definition) is 3. The molecule has 0 fully saturated rings. The van der Waals surface area contributed by atoms with Crippen LogP contribution in [0.5, 0.6) is 0 Å². The Morgan fingerprint density at radius 1 is 0.824 bits per heavy atom. The summed E-state index contributed by atoms with van der Waals surface area (Å²) in [6, 6.07) is 8.60. The van der Waals surface area contributed by atoms with E-state index < -0.39 is 22.8 Å². The molecule has 2 aromatic carbocycles. The predicted octanol–water partition coefficient (Wildman–Crippen LogP) is 6.45. The summed E-state index contributed by atoms with van der Waals surface area (Å²) in [7, 11) is 1.35. The summed E-state index contributed by atoms with van der Waals surface area (Å²) in [4.78, 5) is 35.2. The van der Waals surface area contributed by atoms with Crippen molar-refractivity contribution in [1.29, 1.82) is 0 Å². The fraction of sp³-hybridized carbons (Fsp3) is 0.348. The molecule has 0 aromatic heterocycles. The third-order valence-corrected chi connectivity index (χ3v) is 5.05. The normalized spacial score (nSPS) is 11.0. The SMILES string of the molecule is COC(=O)CCCCCCC(=O)Nc1ccc(NC(=O)Nc2ccc(Cl)c(C(F)(F)F)c2)cc1.